The Hall–Kier alpha value is -2.07. The molecule has 0 saturated carbocycles. The SMILES string of the molecule is CCNC(=NCCc1ccc2ccccc2c1)N1CC[C@@H](O)C1. The third kappa shape index (κ3) is 4.02. The van der Waals surface area contributed by atoms with E-state index in [0.29, 0.717) is 6.54 Å². The lowest BCUT2D eigenvalue weighted by atomic mass is 10.1. The molecule has 3 rings (SSSR count). The van der Waals surface area contributed by atoms with E-state index in [4.69, 9.17) is 4.99 Å². The lowest BCUT2D eigenvalue weighted by Crippen LogP contribution is -2.40. The molecule has 0 spiro atoms. The molecule has 0 bridgehead atoms. The summed E-state index contributed by atoms with van der Waals surface area (Å²) in [5.74, 6) is 0.921. The van der Waals surface area contributed by atoms with Crippen LogP contribution in [0.25, 0.3) is 10.8 Å². The smallest absolute Gasteiger partial charge is 0.194 e. The summed E-state index contributed by atoms with van der Waals surface area (Å²) in [7, 11) is 0. The van der Waals surface area contributed by atoms with Crippen molar-refractivity contribution in [1.82, 2.24) is 10.2 Å². The van der Waals surface area contributed by atoms with Crippen LogP contribution in [0.2, 0.25) is 0 Å². The number of nitrogens with zero attached hydrogens (tertiary/aromatic N) is 2. The molecule has 0 aliphatic carbocycles. The van der Waals surface area contributed by atoms with Crippen molar-refractivity contribution < 1.29 is 5.11 Å². The fraction of sp³-hybridized carbons (Fsp3) is 0.421. The van der Waals surface area contributed by atoms with Crippen LogP contribution in [0.1, 0.15) is 18.9 Å². The van der Waals surface area contributed by atoms with E-state index in [9.17, 15) is 5.11 Å². The molecule has 1 heterocycles. The monoisotopic (exact) mass is 311 g/mol. The average molecular weight is 311 g/mol. The number of hydrogen-bond acceptors (Lipinski definition) is 2. The highest BCUT2D eigenvalue weighted by Crippen LogP contribution is 2.16. The second kappa shape index (κ2) is 7.47. The molecule has 2 aromatic rings. The van der Waals surface area contributed by atoms with Gasteiger partial charge >= 0.3 is 0 Å². The summed E-state index contributed by atoms with van der Waals surface area (Å²) in [6, 6.07) is 15.0. The molecule has 0 amide bonds. The van der Waals surface area contributed by atoms with E-state index in [2.05, 4.69) is 59.6 Å². The maximum absolute atomic E-state index is 9.70. The largest absolute Gasteiger partial charge is 0.391 e. The van der Waals surface area contributed by atoms with Crippen LogP contribution >= 0.6 is 0 Å². The summed E-state index contributed by atoms with van der Waals surface area (Å²) in [6.45, 7) is 5.24. The number of rotatable bonds is 4. The zero-order chi connectivity index (χ0) is 16.1. The van der Waals surface area contributed by atoms with Gasteiger partial charge in [-0.05, 0) is 36.1 Å². The lowest BCUT2D eigenvalue weighted by Gasteiger charge is -2.20. The molecule has 0 aromatic heterocycles. The molecule has 0 unspecified atom stereocenters. The van der Waals surface area contributed by atoms with Gasteiger partial charge in [-0.25, -0.2) is 0 Å². The van der Waals surface area contributed by atoms with Crippen LogP contribution in [0.4, 0.5) is 0 Å². The van der Waals surface area contributed by atoms with Gasteiger partial charge in [0.2, 0.25) is 0 Å². The topological polar surface area (TPSA) is 47.9 Å². The van der Waals surface area contributed by atoms with Crippen LogP contribution in [-0.4, -0.2) is 48.2 Å². The minimum Gasteiger partial charge on any atom is -0.391 e. The first-order valence-corrected chi connectivity index (χ1v) is 8.45. The van der Waals surface area contributed by atoms with Gasteiger partial charge < -0.3 is 15.3 Å². The van der Waals surface area contributed by atoms with E-state index in [1.807, 2.05) is 0 Å². The third-order valence-corrected chi connectivity index (χ3v) is 4.27. The lowest BCUT2D eigenvalue weighted by molar-refractivity contribution is 0.188. The summed E-state index contributed by atoms with van der Waals surface area (Å²) in [6.07, 6.45) is 1.53. The normalized spacial score (nSPS) is 18.6. The van der Waals surface area contributed by atoms with Gasteiger partial charge in [0.05, 0.1) is 6.10 Å². The fourth-order valence-corrected chi connectivity index (χ4v) is 3.05. The van der Waals surface area contributed by atoms with Gasteiger partial charge in [-0.2, -0.15) is 0 Å². The van der Waals surface area contributed by atoms with E-state index in [1.165, 1.54) is 16.3 Å². The maximum Gasteiger partial charge on any atom is 0.194 e. The Morgan fingerprint density at radius 1 is 1.26 bits per heavy atom. The number of likely N-dealkylation sites (tertiary alicyclic amines) is 1. The maximum atomic E-state index is 9.70. The number of fused-ring (bicyclic) bond motifs is 1. The first-order valence-electron chi connectivity index (χ1n) is 8.45. The van der Waals surface area contributed by atoms with Crippen molar-refractivity contribution in [1.29, 1.82) is 0 Å². The third-order valence-electron chi connectivity index (χ3n) is 4.27. The van der Waals surface area contributed by atoms with E-state index in [0.717, 1.165) is 38.4 Å². The Bertz CT molecular complexity index is 683. The molecule has 122 valence electrons. The number of β-amino-alcohol motifs (C(OH)–C–C–N with tert-alkyl or cyclic N) is 1. The van der Waals surface area contributed by atoms with Crippen molar-refractivity contribution in [2.45, 2.75) is 25.9 Å². The van der Waals surface area contributed by atoms with Gasteiger partial charge in [0.1, 0.15) is 0 Å². The Labute approximate surface area is 137 Å². The van der Waals surface area contributed by atoms with Crippen molar-refractivity contribution in [3.05, 3.63) is 48.0 Å². The average Bonchev–Trinajstić information content (AvgIpc) is 3.00. The second-order valence-electron chi connectivity index (χ2n) is 6.06. The number of aliphatic imine (C=N–C) groups is 1. The number of nitrogens with one attached hydrogen (secondary N) is 1. The van der Waals surface area contributed by atoms with Crippen LogP contribution in [0.5, 0.6) is 0 Å². The minimum atomic E-state index is -0.223. The second-order valence-corrected chi connectivity index (χ2v) is 6.06. The standard InChI is InChI=1S/C19H25N3O/c1-2-20-19(22-12-10-18(23)14-22)21-11-9-15-7-8-16-5-3-4-6-17(16)13-15/h3-8,13,18,23H,2,9-12,14H2,1H3,(H,20,21)/t18-/m1/s1. The highest BCUT2D eigenvalue weighted by atomic mass is 16.3. The van der Waals surface area contributed by atoms with Crippen LogP contribution in [0, 0.1) is 0 Å². The van der Waals surface area contributed by atoms with Crippen LogP contribution in [-0.2, 0) is 6.42 Å². The van der Waals surface area contributed by atoms with Crippen molar-refractivity contribution >= 4 is 16.7 Å². The number of hydrogen-bond donors (Lipinski definition) is 2. The zero-order valence-corrected chi connectivity index (χ0v) is 13.7. The highest BCUT2D eigenvalue weighted by Gasteiger charge is 2.22. The molecule has 0 radical (unpaired) electrons. The molecule has 2 aromatic carbocycles. The molecule has 1 atom stereocenters. The summed E-state index contributed by atoms with van der Waals surface area (Å²) in [5.41, 5.74) is 1.31. The molecule has 1 aliphatic rings. The minimum absolute atomic E-state index is 0.223. The summed E-state index contributed by atoms with van der Waals surface area (Å²) < 4.78 is 0. The number of aliphatic hydroxyl groups excluding tert-OH is 1. The molecule has 4 nitrogen and oxygen atoms in total. The van der Waals surface area contributed by atoms with Gasteiger partial charge in [0, 0.05) is 26.2 Å². The van der Waals surface area contributed by atoms with Crippen LogP contribution < -0.4 is 5.32 Å². The molecule has 4 heteroatoms. The Morgan fingerprint density at radius 2 is 2.09 bits per heavy atom. The molecular weight excluding hydrogens is 286 g/mol. The Kier molecular flexibility index (Phi) is 5.13. The van der Waals surface area contributed by atoms with Crippen LogP contribution in [0.15, 0.2) is 47.5 Å². The number of guanidine groups is 1. The predicted octanol–water partition coefficient (Wildman–Crippen LogP) is 2.41. The van der Waals surface area contributed by atoms with Crippen LogP contribution in [0.3, 0.4) is 0 Å². The fourth-order valence-electron chi connectivity index (χ4n) is 3.05. The van der Waals surface area contributed by atoms with Crippen molar-refractivity contribution in [2.75, 3.05) is 26.2 Å². The van der Waals surface area contributed by atoms with Gasteiger partial charge in [-0.15, -0.1) is 0 Å². The van der Waals surface area contributed by atoms with E-state index >= 15 is 0 Å². The molecular formula is C19H25N3O. The summed E-state index contributed by atoms with van der Waals surface area (Å²) in [5, 5.41) is 15.6. The Balaban J connectivity index is 1.64. The summed E-state index contributed by atoms with van der Waals surface area (Å²) >= 11 is 0. The molecule has 1 fully saturated rings. The van der Waals surface area contributed by atoms with Gasteiger partial charge in [-0.3, -0.25) is 4.99 Å². The van der Waals surface area contributed by atoms with Gasteiger partial charge in [-0.1, -0.05) is 42.5 Å². The Morgan fingerprint density at radius 3 is 2.83 bits per heavy atom. The highest BCUT2D eigenvalue weighted by molar-refractivity contribution is 5.83. The first-order chi connectivity index (χ1) is 11.3. The quantitative estimate of drug-likeness (QED) is 0.673. The molecule has 1 aliphatic heterocycles. The first kappa shape index (κ1) is 15.8. The zero-order valence-electron chi connectivity index (χ0n) is 13.7. The van der Waals surface area contributed by atoms with Gasteiger partial charge in [0.25, 0.3) is 0 Å². The molecule has 2 N–H and O–H groups in total. The van der Waals surface area contributed by atoms with Crippen molar-refractivity contribution in [3.63, 3.8) is 0 Å². The molecule has 1 saturated heterocycles. The van der Waals surface area contributed by atoms with E-state index < -0.39 is 0 Å². The molecule has 23 heavy (non-hydrogen) atoms. The van der Waals surface area contributed by atoms with Crippen molar-refractivity contribution in [3.8, 4) is 0 Å². The van der Waals surface area contributed by atoms with E-state index in [1.54, 1.807) is 0 Å². The predicted molar refractivity (Wildman–Crippen MR) is 95.8 cm³/mol. The number of aliphatic hydroxyl groups is 1. The van der Waals surface area contributed by atoms with Crippen molar-refractivity contribution in [2.24, 2.45) is 4.99 Å². The summed E-state index contributed by atoms with van der Waals surface area (Å²) in [4.78, 5) is 6.87. The van der Waals surface area contributed by atoms with Gasteiger partial charge in [0.15, 0.2) is 5.96 Å². The number of benzene rings is 2. The van der Waals surface area contributed by atoms with E-state index in [-0.39, 0.29) is 6.10 Å².